The van der Waals surface area contributed by atoms with Gasteiger partial charge in [-0.2, -0.15) is 0 Å². The van der Waals surface area contributed by atoms with Gasteiger partial charge in [0.05, 0.1) is 24.0 Å². The molecule has 1 saturated heterocycles. The van der Waals surface area contributed by atoms with Gasteiger partial charge in [0.2, 0.25) is 5.91 Å². The largest absolute Gasteiger partial charge is 0.335 e. The molecule has 0 saturated carbocycles. The van der Waals surface area contributed by atoms with E-state index in [1.807, 2.05) is 48.5 Å². The molecule has 158 valence electrons. The molecule has 0 radical (unpaired) electrons. The molecule has 0 unspecified atom stereocenters. The van der Waals surface area contributed by atoms with Crippen molar-refractivity contribution in [2.45, 2.75) is 37.5 Å². The average Bonchev–Trinajstić information content (AvgIpc) is 3.16. The molecular formula is C22H25N3O3S2. The van der Waals surface area contributed by atoms with Crippen molar-refractivity contribution in [2.24, 2.45) is 4.99 Å². The molecular weight excluding hydrogens is 418 g/mol. The number of fused-ring (bicyclic) bond motifs is 1. The van der Waals surface area contributed by atoms with Crippen LogP contribution in [0, 0.1) is 0 Å². The van der Waals surface area contributed by atoms with Crippen LogP contribution in [0.15, 0.2) is 53.5 Å². The van der Waals surface area contributed by atoms with Gasteiger partial charge in [-0.25, -0.2) is 8.42 Å². The zero-order chi connectivity index (χ0) is 21.3. The number of sulfone groups is 1. The zero-order valence-electron chi connectivity index (χ0n) is 17.0. The van der Waals surface area contributed by atoms with Crippen molar-refractivity contribution in [2.75, 3.05) is 22.1 Å². The fourth-order valence-electron chi connectivity index (χ4n) is 3.59. The minimum Gasteiger partial charge on any atom is -0.335 e. The van der Waals surface area contributed by atoms with Crippen molar-refractivity contribution in [3.05, 3.63) is 59.7 Å². The Morgan fingerprint density at radius 2 is 1.73 bits per heavy atom. The monoisotopic (exact) mass is 443 g/mol. The number of benzene rings is 2. The summed E-state index contributed by atoms with van der Waals surface area (Å²) >= 11 is 1.49. The number of rotatable bonds is 5. The molecule has 2 heterocycles. The Morgan fingerprint density at radius 1 is 1.07 bits per heavy atom. The van der Waals surface area contributed by atoms with Gasteiger partial charge < -0.3 is 10.6 Å². The van der Waals surface area contributed by atoms with E-state index in [0.29, 0.717) is 12.3 Å². The van der Waals surface area contributed by atoms with Crippen molar-refractivity contribution in [3.63, 3.8) is 0 Å². The van der Waals surface area contributed by atoms with Crippen LogP contribution in [0.25, 0.3) is 0 Å². The number of aliphatic imine (C=N–C) groups is 1. The average molecular weight is 444 g/mol. The molecule has 2 aliphatic rings. The van der Waals surface area contributed by atoms with E-state index >= 15 is 0 Å². The lowest BCUT2D eigenvalue weighted by molar-refractivity contribution is -0.115. The number of amidine groups is 1. The summed E-state index contributed by atoms with van der Waals surface area (Å²) in [6, 6.07) is 15.4. The van der Waals surface area contributed by atoms with E-state index in [1.54, 1.807) is 0 Å². The summed E-state index contributed by atoms with van der Waals surface area (Å²) in [6.45, 7) is 4.28. The summed E-state index contributed by atoms with van der Waals surface area (Å²) in [5.41, 5.74) is 3.83. The zero-order valence-corrected chi connectivity index (χ0v) is 18.6. The van der Waals surface area contributed by atoms with Crippen LogP contribution in [0.5, 0.6) is 0 Å². The van der Waals surface area contributed by atoms with E-state index in [-0.39, 0.29) is 28.7 Å². The second-order valence-electron chi connectivity index (χ2n) is 8.06. The van der Waals surface area contributed by atoms with Crippen LogP contribution in [0.4, 0.5) is 11.4 Å². The maximum atomic E-state index is 12.3. The number of amides is 1. The molecule has 1 amide bonds. The Labute approximate surface area is 181 Å². The predicted octanol–water partition coefficient (Wildman–Crippen LogP) is 3.67. The molecule has 2 aliphatic heterocycles. The molecule has 0 spiro atoms. The van der Waals surface area contributed by atoms with Crippen LogP contribution < -0.4 is 10.6 Å². The highest BCUT2D eigenvalue weighted by atomic mass is 32.2. The Hall–Kier alpha value is -2.32. The van der Waals surface area contributed by atoms with E-state index in [2.05, 4.69) is 29.5 Å². The first-order chi connectivity index (χ1) is 14.3. The SMILES string of the molecule is CC(C)c1ccc(NC(=O)Cc2ccc(NC3=N[C@@H]4CS(=O)(=O)C[C@@H]4S3)cc2)cc1. The fraction of sp³-hybridized carbons (Fsp3) is 0.364. The number of carbonyl (C=O) groups excluding carboxylic acids is 1. The Balaban J connectivity index is 1.30. The van der Waals surface area contributed by atoms with Crippen LogP contribution in [-0.2, 0) is 21.1 Å². The highest BCUT2D eigenvalue weighted by Gasteiger charge is 2.42. The highest BCUT2D eigenvalue weighted by molar-refractivity contribution is 8.15. The van der Waals surface area contributed by atoms with Crippen molar-refractivity contribution in [1.29, 1.82) is 0 Å². The first kappa shape index (κ1) is 20.9. The summed E-state index contributed by atoms with van der Waals surface area (Å²) in [5.74, 6) is 0.746. The van der Waals surface area contributed by atoms with Crippen LogP contribution in [0.1, 0.15) is 30.9 Å². The third kappa shape index (κ3) is 5.05. The number of nitrogens with one attached hydrogen (secondary N) is 2. The van der Waals surface area contributed by atoms with Gasteiger partial charge in [0.15, 0.2) is 15.0 Å². The molecule has 0 bridgehead atoms. The Morgan fingerprint density at radius 3 is 2.37 bits per heavy atom. The molecule has 6 nitrogen and oxygen atoms in total. The fourth-order valence-corrected chi connectivity index (χ4v) is 7.26. The maximum Gasteiger partial charge on any atom is 0.228 e. The lowest BCUT2D eigenvalue weighted by atomic mass is 10.0. The number of nitrogens with zero attached hydrogens (tertiary/aromatic N) is 1. The van der Waals surface area contributed by atoms with Crippen LogP contribution in [0.3, 0.4) is 0 Å². The quantitative estimate of drug-likeness (QED) is 0.736. The molecule has 4 rings (SSSR count). The topological polar surface area (TPSA) is 87.6 Å². The summed E-state index contributed by atoms with van der Waals surface area (Å²) in [4.78, 5) is 16.8. The second-order valence-corrected chi connectivity index (χ2v) is 11.4. The van der Waals surface area contributed by atoms with Crippen LogP contribution in [0.2, 0.25) is 0 Å². The number of carbonyl (C=O) groups is 1. The van der Waals surface area contributed by atoms with Crippen molar-refractivity contribution in [1.82, 2.24) is 0 Å². The smallest absolute Gasteiger partial charge is 0.228 e. The molecule has 30 heavy (non-hydrogen) atoms. The minimum absolute atomic E-state index is 0.0232. The van der Waals surface area contributed by atoms with Gasteiger partial charge in [0.1, 0.15) is 0 Å². The van der Waals surface area contributed by atoms with Gasteiger partial charge in [-0.1, -0.05) is 49.9 Å². The lowest BCUT2D eigenvalue weighted by Gasteiger charge is -2.10. The first-order valence-electron chi connectivity index (χ1n) is 9.98. The standard InChI is InChI=1S/C22H25N3O3S2/c1-14(2)16-5-9-17(10-6-16)23-21(26)11-15-3-7-18(8-4-15)24-22-25-19-12-30(27,28)13-20(19)29-22/h3-10,14,19-20H,11-13H2,1-2H3,(H,23,26)(H,24,25)/t19-,20+/m1/s1. The molecule has 2 aromatic carbocycles. The van der Waals surface area contributed by atoms with Crippen LogP contribution >= 0.6 is 11.8 Å². The van der Waals surface area contributed by atoms with Gasteiger partial charge in [0, 0.05) is 16.6 Å². The normalized spacial score (nSPS) is 21.9. The van der Waals surface area contributed by atoms with E-state index in [9.17, 15) is 13.2 Å². The lowest BCUT2D eigenvalue weighted by Crippen LogP contribution is -2.14. The van der Waals surface area contributed by atoms with E-state index < -0.39 is 9.84 Å². The molecule has 2 N–H and O–H groups in total. The third-order valence-corrected chi connectivity index (χ3v) is 8.39. The van der Waals surface area contributed by atoms with Gasteiger partial charge >= 0.3 is 0 Å². The Bertz CT molecular complexity index is 1060. The van der Waals surface area contributed by atoms with E-state index in [1.165, 1.54) is 17.3 Å². The second kappa shape index (κ2) is 8.43. The van der Waals surface area contributed by atoms with Gasteiger partial charge in [-0.15, -0.1) is 0 Å². The molecule has 2 aromatic rings. The summed E-state index contributed by atoms with van der Waals surface area (Å²) in [6.07, 6.45) is 0.296. The van der Waals surface area contributed by atoms with Crippen molar-refractivity contribution < 1.29 is 13.2 Å². The van der Waals surface area contributed by atoms with Gasteiger partial charge in [-0.3, -0.25) is 9.79 Å². The number of hydrogen-bond acceptors (Lipinski definition) is 6. The molecule has 0 aliphatic carbocycles. The highest BCUT2D eigenvalue weighted by Crippen LogP contribution is 2.34. The van der Waals surface area contributed by atoms with E-state index in [0.717, 1.165) is 22.1 Å². The third-order valence-electron chi connectivity index (χ3n) is 5.25. The van der Waals surface area contributed by atoms with Crippen molar-refractivity contribution in [3.8, 4) is 0 Å². The van der Waals surface area contributed by atoms with Gasteiger partial charge in [0.25, 0.3) is 0 Å². The molecule has 1 fully saturated rings. The number of thioether (sulfide) groups is 1. The summed E-state index contributed by atoms with van der Waals surface area (Å²) in [7, 11) is -2.94. The predicted molar refractivity (Wildman–Crippen MR) is 124 cm³/mol. The summed E-state index contributed by atoms with van der Waals surface area (Å²) in [5, 5.41) is 6.96. The van der Waals surface area contributed by atoms with E-state index in [4.69, 9.17) is 0 Å². The Kier molecular flexibility index (Phi) is 5.88. The molecule has 0 aromatic heterocycles. The summed E-state index contributed by atoms with van der Waals surface area (Å²) < 4.78 is 23.3. The van der Waals surface area contributed by atoms with Crippen LogP contribution in [-0.4, -0.2) is 42.3 Å². The first-order valence-corrected chi connectivity index (χ1v) is 12.7. The number of hydrogen-bond donors (Lipinski definition) is 2. The molecule has 8 heteroatoms. The van der Waals surface area contributed by atoms with Gasteiger partial charge in [-0.05, 0) is 41.3 Å². The molecule has 2 atom stereocenters. The number of anilines is 2. The maximum absolute atomic E-state index is 12.3. The van der Waals surface area contributed by atoms with Crippen molar-refractivity contribution >= 4 is 44.0 Å². The minimum atomic E-state index is -2.94.